The van der Waals surface area contributed by atoms with Gasteiger partial charge < -0.3 is 9.80 Å². The number of hydrogen-bond donors (Lipinski definition) is 0. The monoisotopic (exact) mass is 517 g/mol. The van der Waals surface area contributed by atoms with Crippen LogP contribution in [-0.2, 0) is 21.1 Å². The van der Waals surface area contributed by atoms with Crippen LogP contribution in [0, 0.1) is 5.92 Å². The predicted octanol–water partition coefficient (Wildman–Crippen LogP) is 3.99. The molecule has 0 bridgehead atoms. The van der Waals surface area contributed by atoms with Gasteiger partial charge in [-0.15, -0.1) is 11.6 Å². The van der Waals surface area contributed by atoms with Crippen molar-refractivity contribution in [2.24, 2.45) is 10.9 Å². The number of rotatable bonds is 5. The predicted molar refractivity (Wildman–Crippen MR) is 141 cm³/mol. The normalized spacial score (nSPS) is 25.6. The molecule has 6 nitrogen and oxygen atoms in total. The molecule has 3 heterocycles. The summed E-state index contributed by atoms with van der Waals surface area (Å²) >= 11 is 7.04. The first kappa shape index (κ1) is 23.7. The van der Waals surface area contributed by atoms with Crippen molar-refractivity contribution in [3.05, 3.63) is 60.2 Å². The number of benzene rings is 2. The van der Waals surface area contributed by atoms with E-state index in [9.17, 15) is 13.2 Å². The molecule has 5 rings (SSSR count). The third-order valence-electron chi connectivity index (χ3n) is 6.88. The maximum Gasteiger partial charge on any atom is 0.262 e. The Hall–Kier alpha value is -2.03. The lowest BCUT2D eigenvalue weighted by molar-refractivity contribution is -0.115. The third kappa shape index (κ3) is 5.14. The molecule has 3 fully saturated rings. The lowest BCUT2D eigenvalue weighted by Crippen LogP contribution is -2.38. The Kier molecular flexibility index (Phi) is 6.91. The zero-order chi connectivity index (χ0) is 23.7. The standard InChI is InChI=1S/C25H28ClN3O3S2/c26-15-24(30)27-25-29(22-16-34(31,32)17-23(22)33-25)21-8-6-20(7-9-21)28-12-10-19(11-13-28)14-18-4-2-1-3-5-18/h1-9,19,22-23H,10-17H2/t22-,23-/m0/s1. The van der Waals surface area contributed by atoms with E-state index in [-0.39, 0.29) is 28.7 Å². The van der Waals surface area contributed by atoms with Gasteiger partial charge in [-0.25, -0.2) is 8.42 Å². The summed E-state index contributed by atoms with van der Waals surface area (Å²) in [6, 6.07) is 18.7. The van der Waals surface area contributed by atoms with Gasteiger partial charge >= 0.3 is 0 Å². The first-order chi connectivity index (χ1) is 16.4. The number of amides is 1. The summed E-state index contributed by atoms with van der Waals surface area (Å²) in [5.41, 5.74) is 3.44. The van der Waals surface area contributed by atoms with Crippen LogP contribution in [0.3, 0.4) is 0 Å². The topological polar surface area (TPSA) is 70.0 Å². The average molecular weight is 518 g/mol. The number of alkyl halides is 1. The summed E-state index contributed by atoms with van der Waals surface area (Å²) in [4.78, 5) is 20.4. The smallest absolute Gasteiger partial charge is 0.262 e. The van der Waals surface area contributed by atoms with E-state index < -0.39 is 15.7 Å². The maximum atomic E-state index is 12.2. The van der Waals surface area contributed by atoms with Crippen molar-refractivity contribution in [3.63, 3.8) is 0 Å². The van der Waals surface area contributed by atoms with Gasteiger partial charge in [-0.2, -0.15) is 4.99 Å². The van der Waals surface area contributed by atoms with Crippen LogP contribution < -0.4 is 9.80 Å². The van der Waals surface area contributed by atoms with E-state index in [1.165, 1.54) is 35.9 Å². The molecule has 1 amide bonds. The molecule has 3 saturated heterocycles. The third-order valence-corrected chi connectivity index (χ3v) is 10.3. The second-order valence-electron chi connectivity index (χ2n) is 9.23. The molecule has 0 N–H and O–H groups in total. The highest BCUT2D eigenvalue weighted by Crippen LogP contribution is 2.41. The highest BCUT2D eigenvalue weighted by atomic mass is 35.5. The minimum absolute atomic E-state index is 0.0788. The molecular formula is C25H28ClN3O3S2. The van der Waals surface area contributed by atoms with Crippen LogP contribution in [0.25, 0.3) is 0 Å². The largest absolute Gasteiger partial charge is 0.372 e. The number of carbonyl (C=O) groups excluding carboxylic acids is 1. The molecule has 2 aromatic rings. The van der Waals surface area contributed by atoms with Crippen molar-refractivity contribution >= 4 is 55.6 Å². The molecule has 0 saturated carbocycles. The summed E-state index contributed by atoms with van der Waals surface area (Å²) in [6.07, 6.45) is 3.46. The highest BCUT2D eigenvalue weighted by molar-refractivity contribution is 8.16. The van der Waals surface area contributed by atoms with Crippen molar-refractivity contribution < 1.29 is 13.2 Å². The lowest BCUT2D eigenvalue weighted by Gasteiger charge is -2.34. The quantitative estimate of drug-likeness (QED) is 0.559. The number of anilines is 2. The van der Waals surface area contributed by atoms with Crippen molar-refractivity contribution in [1.82, 2.24) is 0 Å². The van der Waals surface area contributed by atoms with Gasteiger partial charge in [0.05, 0.1) is 17.5 Å². The number of fused-ring (bicyclic) bond motifs is 1. The summed E-state index contributed by atoms with van der Waals surface area (Å²) in [5.74, 6) is 0.300. The van der Waals surface area contributed by atoms with Crippen LogP contribution >= 0.6 is 23.4 Å². The van der Waals surface area contributed by atoms with Gasteiger partial charge in [0.25, 0.3) is 5.91 Å². The summed E-state index contributed by atoms with van der Waals surface area (Å²) in [6.45, 7) is 2.05. The number of carbonyl (C=O) groups is 1. The maximum absolute atomic E-state index is 12.2. The van der Waals surface area contributed by atoms with Crippen molar-refractivity contribution in [3.8, 4) is 0 Å². The molecular weight excluding hydrogens is 490 g/mol. The first-order valence-electron chi connectivity index (χ1n) is 11.6. The summed E-state index contributed by atoms with van der Waals surface area (Å²) in [5, 5.41) is 0.431. The molecule has 3 aliphatic rings. The number of thioether (sulfide) groups is 1. The van der Waals surface area contributed by atoms with E-state index in [4.69, 9.17) is 11.6 Å². The van der Waals surface area contributed by atoms with Gasteiger partial charge in [-0.1, -0.05) is 42.1 Å². The van der Waals surface area contributed by atoms with Crippen LogP contribution in [-0.4, -0.2) is 61.3 Å². The van der Waals surface area contributed by atoms with Gasteiger partial charge in [0, 0.05) is 29.7 Å². The van der Waals surface area contributed by atoms with Gasteiger partial charge in [0.2, 0.25) is 0 Å². The van der Waals surface area contributed by atoms with Crippen molar-refractivity contribution in [1.29, 1.82) is 0 Å². The molecule has 3 aliphatic heterocycles. The number of halogens is 1. The van der Waals surface area contributed by atoms with E-state index in [1.807, 2.05) is 17.0 Å². The van der Waals surface area contributed by atoms with Gasteiger partial charge in [-0.05, 0) is 55.0 Å². The molecule has 2 atom stereocenters. The number of amidine groups is 1. The van der Waals surface area contributed by atoms with E-state index in [1.54, 1.807) is 0 Å². The molecule has 0 radical (unpaired) electrons. The molecule has 2 aromatic carbocycles. The number of hydrogen-bond acceptors (Lipinski definition) is 5. The lowest BCUT2D eigenvalue weighted by atomic mass is 9.90. The SMILES string of the molecule is O=C(CCl)N=C1S[C@H]2CS(=O)(=O)C[C@@H]2N1c1ccc(N2CCC(Cc3ccccc3)CC2)cc1. The molecule has 0 spiro atoms. The molecule has 0 unspecified atom stereocenters. The highest BCUT2D eigenvalue weighted by Gasteiger charge is 2.49. The van der Waals surface area contributed by atoms with Crippen LogP contribution in [0.5, 0.6) is 0 Å². The van der Waals surface area contributed by atoms with Gasteiger partial charge in [0.15, 0.2) is 15.0 Å². The van der Waals surface area contributed by atoms with Crippen molar-refractivity contribution in [2.75, 3.05) is 40.3 Å². The Balaban J connectivity index is 1.28. The average Bonchev–Trinajstić information content (AvgIpc) is 3.31. The van der Waals surface area contributed by atoms with Crippen LogP contribution in [0.15, 0.2) is 59.6 Å². The van der Waals surface area contributed by atoms with Crippen LogP contribution in [0.2, 0.25) is 0 Å². The number of nitrogens with zero attached hydrogens (tertiary/aromatic N) is 3. The van der Waals surface area contributed by atoms with Crippen LogP contribution in [0.1, 0.15) is 18.4 Å². The molecule has 0 aromatic heterocycles. The number of piperidine rings is 1. The van der Waals surface area contributed by atoms with E-state index in [0.29, 0.717) is 11.1 Å². The Morgan fingerprint density at radius 1 is 1.00 bits per heavy atom. The fraction of sp³-hybridized carbons (Fsp3) is 0.440. The fourth-order valence-corrected chi connectivity index (χ4v) is 9.16. The zero-order valence-corrected chi connectivity index (χ0v) is 21.2. The second-order valence-corrected chi connectivity index (χ2v) is 12.9. The Morgan fingerprint density at radius 3 is 2.35 bits per heavy atom. The van der Waals surface area contributed by atoms with Gasteiger partial charge in [-0.3, -0.25) is 4.79 Å². The first-order valence-corrected chi connectivity index (χ1v) is 14.9. The van der Waals surface area contributed by atoms with Gasteiger partial charge in [0.1, 0.15) is 5.88 Å². The van der Waals surface area contributed by atoms with Crippen LogP contribution in [0.4, 0.5) is 11.4 Å². The molecule has 180 valence electrons. The minimum Gasteiger partial charge on any atom is -0.372 e. The van der Waals surface area contributed by atoms with E-state index in [2.05, 4.69) is 52.4 Å². The number of sulfone groups is 1. The molecule has 9 heteroatoms. The fourth-order valence-electron chi connectivity index (χ4n) is 5.17. The number of aliphatic imine (C=N–C) groups is 1. The minimum atomic E-state index is -3.09. The van der Waals surface area contributed by atoms with E-state index in [0.717, 1.165) is 25.2 Å². The van der Waals surface area contributed by atoms with E-state index >= 15 is 0 Å². The molecule has 0 aliphatic carbocycles. The zero-order valence-electron chi connectivity index (χ0n) is 18.8. The second kappa shape index (κ2) is 9.91. The Labute approximate surface area is 210 Å². The Bertz CT molecular complexity index is 1160. The summed E-state index contributed by atoms with van der Waals surface area (Å²) in [7, 11) is -3.09. The summed E-state index contributed by atoms with van der Waals surface area (Å²) < 4.78 is 24.5. The Morgan fingerprint density at radius 2 is 1.68 bits per heavy atom. The molecule has 34 heavy (non-hydrogen) atoms. The van der Waals surface area contributed by atoms with Crippen molar-refractivity contribution in [2.45, 2.75) is 30.6 Å².